The fraction of sp³-hybridized carbons (Fsp3) is 0.469. The zero-order valence-electron chi connectivity index (χ0n) is 22.7. The van der Waals surface area contributed by atoms with Gasteiger partial charge < -0.3 is 4.90 Å². The van der Waals surface area contributed by atoms with Gasteiger partial charge in [-0.15, -0.1) is 0 Å². The Morgan fingerprint density at radius 1 is 1.00 bits per heavy atom. The van der Waals surface area contributed by atoms with Gasteiger partial charge in [-0.1, -0.05) is 93.0 Å². The van der Waals surface area contributed by atoms with E-state index in [-0.39, 0.29) is 16.9 Å². The maximum atomic E-state index is 14.4. The monoisotopic (exact) mass is 529 g/mol. The van der Waals surface area contributed by atoms with Gasteiger partial charge in [-0.3, -0.25) is 14.2 Å². The van der Waals surface area contributed by atoms with Crippen LogP contribution in [-0.2, 0) is 29.6 Å². The minimum Gasteiger partial charge on any atom is -0.342 e. The molecular formula is C32H39N3O2S. The second kappa shape index (κ2) is 11.9. The molecule has 2 aromatic carbocycles. The molecule has 0 N–H and O–H groups in total. The van der Waals surface area contributed by atoms with E-state index < -0.39 is 0 Å². The average Bonchev–Trinajstić information content (AvgIpc) is 3.39. The normalized spacial score (nSPS) is 15.3. The van der Waals surface area contributed by atoms with Crippen molar-refractivity contribution in [2.24, 2.45) is 0 Å². The van der Waals surface area contributed by atoms with E-state index in [2.05, 4.69) is 44.2 Å². The molecule has 0 unspecified atom stereocenters. The first-order valence-electron chi connectivity index (χ1n) is 14.2. The Morgan fingerprint density at radius 3 is 2.39 bits per heavy atom. The second-order valence-electron chi connectivity index (χ2n) is 10.8. The first kappa shape index (κ1) is 26.7. The quantitative estimate of drug-likeness (QED) is 0.230. The predicted octanol–water partition coefficient (Wildman–Crippen LogP) is 6.26. The van der Waals surface area contributed by atoms with E-state index in [9.17, 15) is 9.59 Å². The van der Waals surface area contributed by atoms with Crippen LogP contribution < -0.4 is 5.56 Å². The van der Waals surface area contributed by atoms with Crippen LogP contribution in [-0.4, -0.2) is 39.2 Å². The number of rotatable bonds is 10. The largest absolute Gasteiger partial charge is 0.342 e. The Kier molecular flexibility index (Phi) is 8.37. The third-order valence-electron chi connectivity index (χ3n) is 8.16. The SMILES string of the molecule is CCCN(CCC)C(=O)CSc1nc2c(c(=O)n1CCc1ccccc1)C1(CCCC1)Cc1ccccc1-2. The topological polar surface area (TPSA) is 55.2 Å². The average molecular weight is 530 g/mol. The van der Waals surface area contributed by atoms with E-state index in [0.29, 0.717) is 17.5 Å². The number of hydrogen-bond acceptors (Lipinski definition) is 4. The standard InChI is InChI=1S/C32H39N3O2S/c1-3-19-34(20-4-2)27(36)23-38-31-33-29-26-15-9-8-14-25(26)22-32(17-10-11-18-32)28(29)30(37)35(31)21-16-24-12-6-5-7-13-24/h5-9,12-15H,3-4,10-11,16-23H2,1-2H3. The third-order valence-corrected chi connectivity index (χ3v) is 9.12. The summed E-state index contributed by atoms with van der Waals surface area (Å²) in [6, 6.07) is 18.8. The van der Waals surface area contributed by atoms with Crippen LogP contribution >= 0.6 is 11.8 Å². The molecule has 1 fully saturated rings. The number of thioether (sulfide) groups is 1. The van der Waals surface area contributed by atoms with Gasteiger partial charge in [0.1, 0.15) is 0 Å². The predicted molar refractivity (Wildman–Crippen MR) is 156 cm³/mol. The minimum absolute atomic E-state index is 0.0938. The lowest BCUT2D eigenvalue weighted by Crippen LogP contribution is -2.40. The summed E-state index contributed by atoms with van der Waals surface area (Å²) < 4.78 is 1.88. The summed E-state index contributed by atoms with van der Waals surface area (Å²) in [5.41, 5.74) is 5.30. The Balaban J connectivity index is 1.57. The summed E-state index contributed by atoms with van der Waals surface area (Å²) in [6.07, 6.45) is 7.93. The van der Waals surface area contributed by atoms with E-state index in [4.69, 9.17) is 4.98 Å². The molecule has 38 heavy (non-hydrogen) atoms. The highest BCUT2D eigenvalue weighted by molar-refractivity contribution is 7.99. The maximum absolute atomic E-state index is 14.4. The number of fused-ring (bicyclic) bond motifs is 4. The molecule has 1 heterocycles. The lowest BCUT2D eigenvalue weighted by molar-refractivity contribution is -0.128. The summed E-state index contributed by atoms with van der Waals surface area (Å²) >= 11 is 1.42. The van der Waals surface area contributed by atoms with Gasteiger partial charge in [-0.05, 0) is 49.7 Å². The molecule has 3 aromatic rings. The van der Waals surface area contributed by atoms with Crippen molar-refractivity contribution in [3.63, 3.8) is 0 Å². The number of carbonyl (C=O) groups excluding carboxylic acids is 1. The van der Waals surface area contributed by atoms with Gasteiger partial charge in [0.2, 0.25) is 5.91 Å². The molecule has 1 saturated carbocycles. The van der Waals surface area contributed by atoms with E-state index >= 15 is 0 Å². The van der Waals surface area contributed by atoms with E-state index in [1.807, 2.05) is 33.7 Å². The fourth-order valence-electron chi connectivity index (χ4n) is 6.36. The van der Waals surface area contributed by atoms with Crippen molar-refractivity contribution in [2.45, 2.75) is 82.3 Å². The van der Waals surface area contributed by atoms with Gasteiger partial charge in [0.05, 0.1) is 17.0 Å². The highest BCUT2D eigenvalue weighted by Crippen LogP contribution is 2.50. The molecule has 2 aliphatic carbocycles. The molecule has 2 aliphatic rings. The van der Waals surface area contributed by atoms with E-state index in [0.717, 1.165) is 81.3 Å². The zero-order chi connectivity index (χ0) is 26.5. The number of aryl methyl sites for hydroxylation is 1. The van der Waals surface area contributed by atoms with Crippen molar-refractivity contribution in [3.05, 3.63) is 81.6 Å². The third kappa shape index (κ3) is 5.33. The summed E-state index contributed by atoms with van der Waals surface area (Å²) in [4.78, 5) is 34.7. The summed E-state index contributed by atoms with van der Waals surface area (Å²) in [7, 11) is 0. The molecule has 0 atom stereocenters. The number of nitrogens with zero attached hydrogens (tertiary/aromatic N) is 3. The second-order valence-corrected chi connectivity index (χ2v) is 11.7. The molecule has 200 valence electrons. The fourth-order valence-corrected chi connectivity index (χ4v) is 7.28. The van der Waals surface area contributed by atoms with Crippen molar-refractivity contribution >= 4 is 17.7 Å². The number of amides is 1. The molecule has 0 saturated heterocycles. The molecule has 1 spiro atoms. The van der Waals surface area contributed by atoms with Crippen LogP contribution in [0, 0.1) is 0 Å². The Hall–Kier alpha value is -2.86. The van der Waals surface area contributed by atoms with E-state index in [1.54, 1.807) is 0 Å². The summed E-state index contributed by atoms with van der Waals surface area (Å²) in [5.74, 6) is 0.413. The Morgan fingerprint density at radius 2 is 1.68 bits per heavy atom. The van der Waals surface area contributed by atoms with Crippen molar-refractivity contribution in [1.82, 2.24) is 14.5 Å². The van der Waals surface area contributed by atoms with Crippen molar-refractivity contribution in [2.75, 3.05) is 18.8 Å². The highest BCUT2D eigenvalue weighted by atomic mass is 32.2. The molecule has 1 amide bonds. The van der Waals surface area contributed by atoms with Crippen LogP contribution in [0.25, 0.3) is 11.3 Å². The summed E-state index contributed by atoms with van der Waals surface area (Å²) in [6.45, 7) is 6.30. The maximum Gasteiger partial charge on any atom is 0.258 e. The molecule has 5 nitrogen and oxygen atoms in total. The van der Waals surface area contributed by atoms with Crippen LogP contribution in [0.4, 0.5) is 0 Å². The van der Waals surface area contributed by atoms with E-state index in [1.165, 1.54) is 22.9 Å². The number of benzene rings is 2. The summed E-state index contributed by atoms with van der Waals surface area (Å²) in [5, 5.41) is 0.663. The molecule has 0 bridgehead atoms. The van der Waals surface area contributed by atoms with Gasteiger partial charge >= 0.3 is 0 Å². The van der Waals surface area contributed by atoms with Gasteiger partial charge in [-0.2, -0.15) is 0 Å². The Labute approximate surface area is 230 Å². The Bertz CT molecular complexity index is 1320. The first-order chi connectivity index (χ1) is 18.6. The van der Waals surface area contributed by atoms with Crippen molar-refractivity contribution in [1.29, 1.82) is 0 Å². The molecule has 0 aliphatic heterocycles. The van der Waals surface area contributed by atoms with Gasteiger partial charge in [0.15, 0.2) is 5.16 Å². The zero-order valence-corrected chi connectivity index (χ0v) is 23.6. The molecule has 6 heteroatoms. The molecular weight excluding hydrogens is 490 g/mol. The van der Waals surface area contributed by atoms with Crippen molar-refractivity contribution in [3.8, 4) is 11.3 Å². The van der Waals surface area contributed by atoms with Gasteiger partial charge in [-0.25, -0.2) is 4.98 Å². The lowest BCUT2D eigenvalue weighted by atomic mass is 9.68. The molecule has 1 aromatic heterocycles. The van der Waals surface area contributed by atoms with Crippen LogP contribution in [0.5, 0.6) is 0 Å². The number of hydrogen-bond donors (Lipinski definition) is 0. The first-order valence-corrected chi connectivity index (χ1v) is 15.2. The van der Waals surface area contributed by atoms with Crippen molar-refractivity contribution < 1.29 is 4.79 Å². The highest BCUT2D eigenvalue weighted by Gasteiger charge is 2.44. The van der Waals surface area contributed by atoms with Gasteiger partial charge in [0.25, 0.3) is 5.56 Å². The number of carbonyl (C=O) groups is 1. The minimum atomic E-state index is -0.125. The van der Waals surface area contributed by atoms with Crippen LogP contribution in [0.15, 0.2) is 64.5 Å². The molecule has 0 radical (unpaired) electrons. The smallest absolute Gasteiger partial charge is 0.258 e. The van der Waals surface area contributed by atoms with Crippen LogP contribution in [0.3, 0.4) is 0 Å². The van der Waals surface area contributed by atoms with Gasteiger partial charge in [0, 0.05) is 30.6 Å². The molecule has 5 rings (SSSR count). The van der Waals surface area contributed by atoms with Crippen LogP contribution in [0.1, 0.15) is 69.1 Å². The lowest BCUT2D eigenvalue weighted by Gasteiger charge is -2.36. The number of aromatic nitrogens is 2. The van der Waals surface area contributed by atoms with Crippen LogP contribution in [0.2, 0.25) is 0 Å².